The van der Waals surface area contributed by atoms with Crippen molar-refractivity contribution in [3.05, 3.63) is 70.3 Å². The normalized spacial score (nSPS) is 17.5. The van der Waals surface area contributed by atoms with E-state index in [9.17, 15) is 14.3 Å². The Morgan fingerprint density at radius 2 is 1.90 bits per heavy atom. The monoisotopic (exact) mass is 393 g/mol. The minimum Gasteiger partial charge on any atom is -0.494 e. The average Bonchev–Trinajstić information content (AvgIpc) is 3.19. The first-order chi connectivity index (χ1) is 14.1. The molecule has 2 heterocycles. The van der Waals surface area contributed by atoms with Crippen molar-refractivity contribution >= 4 is 17.0 Å². The molecule has 5 nitrogen and oxygen atoms in total. The molecule has 0 bridgehead atoms. The second-order valence-corrected chi connectivity index (χ2v) is 7.32. The molecule has 0 radical (unpaired) electrons. The lowest BCUT2D eigenvalue weighted by Crippen LogP contribution is -2.31. The average molecular weight is 393 g/mol. The topological polar surface area (TPSA) is 57.8 Å². The van der Waals surface area contributed by atoms with Crippen LogP contribution in [0.4, 0.5) is 4.39 Å². The van der Waals surface area contributed by atoms with Crippen LogP contribution in [0.25, 0.3) is 16.5 Å². The molecule has 1 aliphatic heterocycles. The maximum Gasteiger partial charge on any atom is 0.265 e. The van der Waals surface area contributed by atoms with E-state index in [2.05, 4.69) is 16.8 Å². The van der Waals surface area contributed by atoms with Gasteiger partial charge in [-0.2, -0.15) is 0 Å². The molecule has 150 valence electrons. The summed E-state index contributed by atoms with van der Waals surface area (Å²) < 4.78 is 14.5. The first-order valence-electron chi connectivity index (χ1n) is 9.96. The zero-order valence-electron chi connectivity index (χ0n) is 16.4. The smallest absolute Gasteiger partial charge is 0.265 e. The van der Waals surface area contributed by atoms with E-state index in [4.69, 9.17) is 0 Å². The summed E-state index contributed by atoms with van der Waals surface area (Å²) in [5.41, 5.74) is 0.544. The van der Waals surface area contributed by atoms with E-state index in [-0.39, 0.29) is 11.4 Å². The van der Waals surface area contributed by atoms with Crippen molar-refractivity contribution in [3.63, 3.8) is 0 Å². The fraction of sp³-hybridized carbons (Fsp3) is 0.304. The second-order valence-electron chi connectivity index (χ2n) is 7.32. The van der Waals surface area contributed by atoms with Crippen molar-refractivity contribution in [3.8, 4) is 11.6 Å². The van der Waals surface area contributed by atoms with E-state index in [1.165, 1.54) is 35.3 Å². The number of fused-ring (bicyclic) bond motifs is 1. The maximum absolute atomic E-state index is 13.3. The van der Waals surface area contributed by atoms with E-state index >= 15 is 0 Å². The summed E-state index contributed by atoms with van der Waals surface area (Å²) in [6.07, 6.45) is 3.95. The van der Waals surface area contributed by atoms with E-state index in [1.54, 1.807) is 24.4 Å². The van der Waals surface area contributed by atoms with Gasteiger partial charge in [-0.25, -0.2) is 8.96 Å². The largest absolute Gasteiger partial charge is 0.494 e. The Hall–Kier alpha value is -2.99. The van der Waals surface area contributed by atoms with Gasteiger partial charge in [0.25, 0.3) is 5.56 Å². The number of rotatable bonds is 5. The van der Waals surface area contributed by atoms with Gasteiger partial charge in [0.2, 0.25) is 5.88 Å². The summed E-state index contributed by atoms with van der Waals surface area (Å²) in [5.74, 6) is -0.594. The molecule has 3 aromatic rings. The summed E-state index contributed by atoms with van der Waals surface area (Å²) in [6.45, 7) is 4.90. The lowest BCUT2D eigenvalue weighted by Gasteiger charge is -2.20. The number of aliphatic imine (C=N–C) groups is 1. The molecule has 1 N–H and O–H groups in total. The highest BCUT2D eigenvalue weighted by molar-refractivity contribution is 6.01. The Morgan fingerprint density at radius 1 is 1.17 bits per heavy atom. The van der Waals surface area contributed by atoms with Gasteiger partial charge in [0.05, 0.1) is 17.8 Å². The number of likely N-dealkylation sites (N-methyl/N-ethyl adjacent to an activating group) is 1. The van der Waals surface area contributed by atoms with Crippen LogP contribution >= 0.6 is 0 Å². The first kappa shape index (κ1) is 19.3. The molecular weight excluding hydrogens is 369 g/mol. The summed E-state index contributed by atoms with van der Waals surface area (Å²) in [5, 5.41) is 12.1. The van der Waals surface area contributed by atoms with Crippen molar-refractivity contribution < 1.29 is 9.50 Å². The number of pyridine rings is 1. The van der Waals surface area contributed by atoms with Crippen LogP contribution in [0, 0.1) is 5.82 Å². The number of likely N-dealkylation sites (tertiary alicyclic amines) is 1. The Kier molecular flexibility index (Phi) is 5.45. The zero-order chi connectivity index (χ0) is 20.4. The number of halogens is 1. The van der Waals surface area contributed by atoms with Crippen molar-refractivity contribution in [2.75, 3.05) is 19.6 Å². The van der Waals surface area contributed by atoms with Crippen LogP contribution in [-0.2, 0) is 0 Å². The Morgan fingerprint density at radius 3 is 2.62 bits per heavy atom. The molecule has 0 spiro atoms. The van der Waals surface area contributed by atoms with Gasteiger partial charge in [0.15, 0.2) is 0 Å². The van der Waals surface area contributed by atoms with Crippen LogP contribution in [0.1, 0.15) is 25.3 Å². The molecule has 1 fully saturated rings. The number of hydrogen-bond donors (Lipinski definition) is 1. The van der Waals surface area contributed by atoms with E-state index in [0.29, 0.717) is 34.6 Å². The van der Waals surface area contributed by atoms with Gasteiger partial charge in [0, 0.05) is 23.0 Å². The SMILES string of the molecule is CCN1CCC[C@H]1CN=Cc1c(O)n(-c2ccc(F)cc2)c(=O)c2ccccc12. The van der Waals surface area contributed by atoms with E-state index in [1.807, 2.05) is 6.07 Å². The van der Waals surface area contributed by atoms with Gasteiger partial charge in [0.1, 0.15) is 5.82 Å². The fourth-order valence-electron chi connectivity index (χ4n) is 4.10. The molecule has 29 heavy (non-hydrogen) atoms. The molecule has 0 aliphatic carbocycles. The standard InChI is InChI=1S/C23H24FN3O2/c1-2-26-13-5-6-18(26)14-25-15-21-19-7-3-4-8-20(19)22(28)27(23(21)29)17-11-9-16(24)10-12-17/h3-4,7-12,15,18,29H,2,5-6,13-14H2,1H3/t18-/m0/s1. The molecule has 1 atom stereocenters. The highest BCUT2D eigenvalue weighted by Gasteiger charge is 2.22. The van der Waals surface area contributed by atoms with Crippen LogP contribution in [-0.4, -0.2) is 46.5 Å². The number of nitrogens with zero attached hydrogens (tertiary/aromatic N) is 3. The van der Waals surface area contributed by atoms with Crippen LogP contribution in [0.15, 0.2) is 58.3 Å². The third kappa shape index (κ3) is 3.68. The van der Waals surface area contributed by atoms with Crippen LogP contribution in [0.2, 0.25) is 0 Å². The highest BCUT2D eigenvalue weighted by atomic mass is 19.1. The fourth-order valence-corrected chi connectivity index (χ4v) is 4.10. The van der Waals surface area contributed by atoms with Gasteiger partial charge in [-0.05, 0) is 56.3 Å². The lowest BCUT2D eigenvalue weighted by atomic mass is 10.1. The van der Waals surface area contributed by atoms with E-state index in [0.717, 1.165) is 19.5 Å². The van der Waals surface area contributed by atoms with Gasteiger partial charge >= 0.3 is 0 Å². The molecule has 4 rings (SSSR count). The Balaban J connectivity index is 1.79. The Bertz CT molecular complexity index is 1110. The maximum atomic E-state index is 13.3. The first-order valence-corrected chi connectivity index (χ1v) is 9.96. The third-order valence-corrected chi connectivity index (χ3v) is 5.63. The quantitative estimate of drug-likeness (QED) is 0.672. The number of hydrogen-bond acceptors (Lipinski definition) is 4. The molecule has 0 saturated carbocycles. The van der Waals surface area contributed by atoms with Crippen LogP contribution in [0.3, 0.4) is 0 Å². The Labute approximate surface area is 168 Å². The van der Waals surface area contributed by atoms with Gasteiger partial charge in [-0.3, -0.25) is 14.7 Å². The molecule has 0 unspecified atom stereocenters. The number of benzene rings is 2. The molecule has 1 aromatic heterocycles. The number of aromatic nitrogens is 1. The molecule has 6 heteroatoms. The third-order valence-electron chi connectivity index (χ3n) is 5.63. The summed E-state index contributed by atoms with van der Waals surface area (Å²) in [4.78, 5) is 20.0. The minimum absolute atomic E-state index is 0.192. The molecule has 2 aromatic carbocycles. The minimum atomic E-state index is -0.402. The summed E-state index contributed by atoms with van der Waals surface area (Å²) in [6, 6.07) is 13.0. The molecule has 1 aliphatic rings. The van der Waals surface area contributed by atoms with Gasteiger partial charge in [-0.1, -0.05) is 25.1 Å². The number of aromatic hydroxyl groups is 1. The molecular formula is C23H24FN3O2. The van der Waals surface area contributed by atoms with Crippen molar-refractivity contribution in [1.82, 2.24) is 9.47 Å². The van der Waals surface area contributed by atoms with Crippen molar-refractivity contribution in [1.29, 1.82) is 0 Å². The highest BCUT2D eigenvalue weighted by Crippen LogP contribution is 2.26. The lowest BCUT2D eigenvalue weighted by molar-refractivity contribution is 0.273. The summed E-state index contributed by atoms with van der Waals surface area (Å²) in [7, 11) is 0. The second kappa shape index (κ2) is 8.17. The van der Waals surface area contributed by atoms with Crippen LogP contribution < -0.4 is 5.56 Å². The molecule has 1 saturated heterocycles. The van der Waals surface area contributed by atoms with Crippen LogP contribution in [0.5, 0.6) is 5.88 Å². The van der Waals surface area contributed by atoms with E-state index < -0.39 is 5.82 Å². The summed E-state index contributed by atoms with van der Waals surface area (Å²) >= 11 is 0. The predicted octanol–water partition coefficient (Wildman–Crippen LogP) is 3.74. The zero-order valence-corrected chi connectivity index (χ0v) is 16.4. The van der Waals surface area contributed by atoms with Crippen molar-refractivity contribution in [2.24, 2.45) is 4.99 Å². The predicted molar refractivity (Wildman–Crippen MR) is 114 cm³/mol. The van der Waals surface area contributed by atoms with Gasteiger partial charge in [-0.15, -0.1) is 0 Å². The van der Waals surface area contributed by atoms with Crippen molar-refractivity contribution in [2.45, 2.75) is 25.8 Å². The van der Waals surface area contributed by atoms with Gasteiger partial charge < -0.3 is 5.11 Å². The molecule has 0 amide bonds.